The fourth-order valence-corrected chi connectivity index (χ4v) is 3.85. The Morgan fingerprint density at radius 1 is 0.643 bits per heavy atom. The number of aromatic hydroxyl groups is 2. The van der Waals surface area contributed by atoms with Crippen molar-refractivity contribution in [3.8, 4) is 11.5 Å². The van der Waals surface area contributed by atoms with Gasteiger partial charge in [-0.05, 0) is 46.5 Å². The highest BCUT2D eigenvalue weighted by molar-refractivity contribution is 5.97. The number of rotatable bonds is 5. The zero-order valence-corrected chi connectivity index (χ0v) is 15.2. The Hall–Kier alpha value is -3.66. The van der Waals surface area contributed by atoms with Crippen LogP contribution in [0.3, 0.4) is 0 Å². The Morgan fingerprint density at radius 3 is 1.43 bits per heavy atom. The second-order valence-electron chi connectivity index (χ2n) is 6.82. The number of phenols is 2. The molecule has 4 aromatic rings. The molecule has 28 heavy (non-hydrogen) atoms. The summed E-state index contributed by atoms with van der Waals surface area (Å²) in [4.78, 5) is 0. The lowest BCUT2D eigenvalue weighted by Crippen LogP contribution is -1.99. The Kier molecular flexibility index (Phi) is 4.53. The molecule has 0 saturated carbocycles. The van der Waals surface area contributed by atoms with Crippen molar-refractivity contribution < 1.29 is 10.2 Å². The number of phenolic OH excluding ortho intramolecular Hbond substituents is 2. The van der Waals surface area contributed by atoms with Crippen molar-refractivity contribution >= 4 is 34.0 Å². The molecule has 4 aromatic carbocycles. The zero-order valence-electron chi connectivity index (χ0n) is 15.2. The van der Waals surface area contributed by atoms with Crippen molar-refractivity contribution in [3.05, 3.63) is 82.9 Å². The second-order valence-corrected chi connectivity index (χ2v) is 6.82. The van der Waals surface area contributed by atoms with Gasteiger partial charge in [-0.15, -0.1) is 0 Å². The Balaban J connectivity index is 1.85. The van der Waals surface area contributed by atoms with Gasteiger partial charge in [-0.3, -0.25) is 0 Å². The van der Waals surface area contributed by atoms with Crippen molar-refractivity contribution in [2.75, 3.05) is 0 Å². The molecule has 0 aromatic heterocycles. The molecule has 0 atom stereocenters. The van der Waals surface area contributed by atoms with E-state index in [0.29, 0.717) is 24.0 Å². The lowest BCUT2D eigenvalue weighted by atomic mass is 9.92. The number of nitrogens with one attached hydrogen (secondary N) is 2. The van der Waals surface area contributed by atoms with Gasteiger partial charge in [0, 0.05) is 34.7 Å². The first-order chi connectivity index (χ1) is 13.6. The van der Waals surface area contributed by atoms with E-state index >= 15 is 0 Å². The van der Waals surface area contributed by atoms with Gasteiger partial charge in [0.25, 0.3) is 0 Å². The minimum atomic E-state index is 0.112. The molecule has 0 radical (unpaired) electrons. The molecule has 4 N–H and O–H groups in total. The molecule has 0 spiro atoms. The third-order valence-corrected chi connectivity index (χ3v) is 5.25. The summed E-state index contributed by atoms with van der Waals surface area (Å²) in [7, 11) is 0. The molecule has 0 bridgehead atoms. The fraction of sp³-hybridized carbons (Fsp3) is 0.0833. The normalized spacial score (nSPS) is 11.0. The Bertz CT molecular complexity index is 1130. The third kappa shape index (κ3) is 2.89. The van der Waals surface area contributed by atoms with E-state index in [0.717, 1.165) is 45.1 Å². The van der Waals surface area contributed by atoms with E-state index in [1.165, 1.54) is 0 Å². The minimum Gasteiger partial charge on any atom is -0.507 e. The van der Waals surface area contributed by atoms with Gasteiger partial charge in [0.2, 0.25) is 0 Å². The quantitative estimate of drug-likeness (QED) is 0.366. The fourth-order valence-electron chi connectivity index (χ4n) is 3.85. The molecular formula is C24H20N2O2. The van der Waals surface area contributed by atoms with Gasteiger partial charge in [0.15, 0.2) is 0 Å². The largest absolute Gasteiger partial charge is 0.507 e. The summed E-state index contributed by atoms with van der Waals surface area (Å²) < 4.78 is 0. The van der Waals surface area contributed by atoms with E-state index in [4.69, 9.17) is 10.8 Å². The summed E-state index contributed by atoms with van der Waals surface area (Å²) in [6.07, 6.45) is 3.34. The predicted octanol–water partition coefficient (Wildman–Crippen LogP) is 5.18. The maximum Gasteiger partial charge on any atom is 0.128 e. The van der Waals surface area contributed by atoms with Crippen molar-refractivity contribution in [1.82, 2.24) is 0 Å². The summed E-state index contributed by atoms with van der Waals surface area (Å²) in [6, 6.07) is 19.2. The SMILES string of the molecule is N=Cc1cc2ccccc2c(CCc2c(O)c(C=N)cc3ccccc23)c1O. The molecule has 0 amide bonds. The van der Waals surface area contributed by atoms with Gasteiger partial charge in [-0.25, -0.2) is 0 Å². The number of aryl methyl sites for hydroxylation is 2. The monoisotopic (exact) mass is 368 g/mol. The summed E-state index contributed by atoms with van der Waals surface area (Å²) in [6.45, 7) is 0. The molecule has 0 aliphatic carbocycles. The van der Waals surface area contributed by atoms with Crippen molar-refractivity contribution in [1.29, 1.82) is 10.8 Å². The average Bonchev–Trinajstić information content (AvgIpc) is 2.73. The highest BCUT2D eigenvalue weighted by atomic mass is 16.3. The summed E-state index contributed by atoms with van der Waals surface area (Å²) >= 11 is 0. The van der Waals surface area contributed by atoms with Gasteiger partial charge in [0.05, 0.1) is 0 Å². The number of fused-ring (bicyclic) bond motifs is 2. The summed E-state index contributed by atoms with van der Waals surface area (Å²) in [5.74, 6) is 0.224. The standard InChI is InChI=1S/C24H20N2O2/c25-13-17-11-15-5-1-3-7-19(15)21(23(17)27)9-10-22-20-8-4-2-6-16(20)12-18(14-26)24(22)28/h1-8,11-14,25-28H,9-10H2. The lowest BCUT2D eigenvalue weighted by molar-refractivity contribution is 0.463. The van der Waals surface area contributed by atoms with E-state index < -0.39 is 0 Å². The van der Waals surface area contributed by atoms with Gasteiger partial charge >= 0.3 is 0 Å². The molecule has 4 heteroatoms. The van der Waals surface area contributed by atoms with E-state index in [1.54, 1.807) is 0 Å². The maximum absolute atomic E-state index is 10.7. The first-order valence-corrected chi connectivity index (χ1v) is 9.12. The molecule has 0 saturated heterocycles. The van der Waals surface area contributed by atoms with Gasteiger partial charge in [-0.1, -0.05) is 48.5 Å². The van der Waals surface area contributed by atoms with E-state index in [9.17, 15) is 10.2 Å². The zero-order chi connectivity index (χ0) is 19.7. The molecule has 0 fully saturated rings. The molecular weight excluding hydrogens is 348 g/mol. The van der Waals surface area contributed by atoms with Crippen LogP contribution in [0.1, 0.15) is 22.3 Å². The first-order valence-electron chi connectivity index (χ1n) is 9.12. The van der Waals surface area contributed by atoms with Crippen LogP contribution in [0.5, 0.6) is 11.5 Å². The summed E-state index contributed by atoms with van der Waals surface area (Å²) in [5, 5.41) is 40.4. The predicted molar refractivity (Wildman–Crippen MR) is 114 cm³/mol. The number of hydrogen-bond acceptors (Lipinski definition) is 4. The van der Waals surface area contributed by atoms with E-state index in [1.807, 2.05) is 60.7 Å². The Morgan fingerprint density at radius 2 is 1.04 bits per heavy atom. The number of benzene rings is 4. The minimum absolute atomic E-state index is 0.112. The van der Waals surface area contributed by atoms with Crippen molar-refractivity contribution in [3.63, 3.8) is 0 Å². The van der Waals surface area contributed by atoms with Crippen LogP contribution in [0.15, 0.2) is 60.7 Å². The van der Waals surface area contributed by atoms with Crippen molar-refractivity contribution in [2.24, 2.45) is 0 Å². The van der Waals surface area contributed by atoms with E-state index in [2.05, 4.69) is 0 Å². The highest BCUT2D eigenvalue weighted by Gasteiger charge is 2.15. The third-order valence-electron chi connectivity index (χ3n) is 5.25. The van der Waals surface area contributed by atoms with Crippen LogP contribution in [-0.2, 0) is 12.8 Å². The smallest absolute Gasteiger partial charge is 0.128 e. The Labute approximate surface area is 162 Å². The first kappa shape index (κ1) is 17.7. The van der Waals surface area contributed by atoms with Gasteiger partial charge in [-0.2, -0.15) is 0 Å². The molecule has 0 aliphatic rings. The van der Waals surface area contributed by atoms with E-state index in [-0.39, 0.29) is 11.5 Å². The van der Waals surface area contributed by atoms with Crippen LogP contribution in [0.4, 0.5) is 0 Å². The molecule has 0 aliphatic heterocycles. The number of hydrogen-bond donors (Lipinski definition) is 4. The van der Waals surface area contributed by atoms with Crippen LogP contribution < -0.4 is 0 Å². The van der Waals surface area contributed by atoms with Crippen LogP contribution in [0.25, 0.3) is 21.5 Å². The molecule has 0 heterocycles. The average molecular weight is 368 g/mol. The molecule has 138 valence electrons. The van der Waals surface area contributed by atoms with Gasteiger partial charge < -0.3 is 21.0 Å². The van der Waals surface area contributed by atoms with Crippen LogP contribution in [0, 0.1) is 10.8 Å². The van der Waals surface area contributed by atoms with Crippen LogP contribution in [0.2, 0.25) is 0 Å². The maximum atomic E-state index is 10.7. The molecule has 0 unspecified atom stereocenters. The lowest BCUT2D eigenvalue weighted by Gasteiger charge is -2.15. The summed E-state index contributed by atoms with van der Waals surface area (Å²) in [5.41, 5.74) is 2.49. The molecule has 4 rings (SSSR count). The van der Waals surface area contributed by atoms with Crippen LogP contribution >= 0.6 is 0 Å². The van der Waals surface area contributed by atoms with Crippen molar-refractivity contribution in [2.45, 2.75) is 12.8 Å². The van der Waals surface area contributed by atoms with Crippen LogP contribution in [-0.4, -0.2) is 22.6 Å². The molecule has 4 nitrogen and oxygen atoms in total. The van der Waals surface area contributed by atoms with Gasteiger partial charge in [0.1, 0.15) is 11.5 Å². The highest BCUT2D eigenvalue weighted by Crippen LogP contribution is 2.35. The second kappa shape index (κ2) is 7.16. The topological polar surface area (TPSA) is 88.2 Å².